The predicted molar refractivity (Wildman–Crippen MR) is 67.8 cm³/mol. The molecular weight excluding hydrogens is 240 g/mol. The van der Waals surface area contributed by atoms with Crippen LogP contribution in [0.15, 0.2) is 30.3 Å². The quantitative estimate of drug-likeness (QED) is 0.846. The molecule has 1 aliphatic carbocycles. The van der Waals surface area contributed by atoms with Crippen molar-refractivity contribution < 1.29 is 0 Å². The number of hydrogen-bond acceptors (Lipinski definition) is 5. The van der Waals surface area contributed by atoms with Gasteiger partial charge < -0.3 is 5.32 Å². The predicted octanol–water partition coefficient (Wildman–Crippen LogP) is 0.913. The first kappa shape index (κ1) is 11.8. The maximum absolute atomic E-state index is 9.44. The highest BCUT2D eigenvalue weighted by Gasteiger charge is 2.45. The molecule has 0 unspecified atom stereocenters. The maximum atomic E-state index is 9.44. The number of H-pyrrole nitrogens is 1. The van der Waals surface area contributed by atoms with Crippen LogP contribution in [-0.4, -0.2) is 26.7 Å². The van der Waals surface area contributed by atoms with E-state index in [1.54, 1.807) is 0 Å². The van der Waals surface area contributed by atoms with Crippen LogP contribution in [0.1, 0.15) is 24.2 Å². The van der Waals surface area contributed by atoms with Crippen molar-refractivity contribution in [3.05, 3.63) is 41.7 Å². The van der Waals surface area contributed by atoms with Crippen molar-refractivity contribution in [1.29, 1.82) is 5.26 Å². The molecule has 1 saturated carbocycles. The van der Waals surface area contributed by atoms with Crippen LogP contribution >= 0.6 is 0 Å². The second-order valence-electron chi connectivity index (χ2n) is 4.87. The second kappa shape index (κ2) is 4.78. The van der Waals surface area contributed by atoms with E-state index in [4.69, 9.17) is 0 Å². The zero-order valence-corrected chi connectivity index (χ0v) is 10.4. The molecule has 1 aromatic heterocycles. The molecule has 0 amide bonds. The highest BCUT2D eigenvalue weighted by atomic mass is 15.5. The molecule has 0 spiro atoms. The molecule has 96 valence electrons. The average molecular weight is 254 g/mol. The highest BCUT2D eigenvalue weighted by Crippen LogP contribution is 2.43. The van der Waals surface area contributed by atoms with Crippen LogP contribution in [0.2, 0.25) is 0 Å². The number of nitrogens with one attached hydrogen (secondary N) is 2. The summed E-state index contributed by atoms with van der Waals surface area (Å²) in [6, 6.07) is 12.8. The first-order valence-electron chi connectivity index (χ1n) is 6.25. The van der Waals surface area contributed by atoms with Gasteiger partial charge in [-0.3, -0.25) is 0 Å². The largest absolute Gasteiger partial charge is 0.307 e. The average Bonchev–Trinajstić information content (AvgIpc) is 2.92. The van der Waals surface area contributed by atoms with Crippen LogP contribution in [0.25, 0.3) is 0 Å². The fraction of sp³-hybridized carbons (Fsp3) is 0.385. The smallest absolute Gasteiger partial charge is 0.188 e. The summed E-state index contributed by atoms with van der Waals surface area (Å²) in [5.74, 6) is 0.647. The van der Waals surface area contributed by atoms with Crippen LogP contribution in [0.5, 0.6) is 0 Å². The van der Waals surface area contributed by atoms with Crippen LogP contribution in [-0.2, 0) is 12.0 Å². The lowest BCUT2D eigenvalue weighted by atomic mass is 9.62. The van der Waals surface area contributed by atoms with E-state index >= 15 is 0 Å². The minimum Gasteiger partial charge on any atom is -0.307 e. The van der Waals surface area contributed by atoms with Gasteiger partial charge in [0.05, 0.1) is 18.0 Å². The van der Waals surface area contributed by atoms with Crippen molar-refractivity contribution in [3.8, 4) is 6.07 Å². The van der Waals surface area contributed by atoms with Gasteiger partial charge in [-0.1, -0.05) is 35.5 Å². The van der Waals surface area contributed by atoms with Gasteiger partial charge in [0.1, 0.15) is 0 Å². The molecule has 6 heteroatoms. The van der Waals surface area contributed by atoms with Crippen LogP contribution in [0, 0.1) is 11.3 Å². The van der Waals surface area contributed by atoms with Gasteiger partial charge in [-0.15, -0.1) is 10.2 Å². The fourth-order valence-electron chi connectivity index (χ4n) is 2.57. The van der Waals surface area contributed by atoms with Crippen molar-refractivity contribution in [2.75, 3.05) is 0 Å². The SMILES string of the molecule is N#CC1(c2ccccc2)CC(NCc2nn[nH]n2)C1. The minimum absolute atomic E-state index is 0.332. The third kappa shape index (κ3) is 2.20. The summed E-state index contributed by atoms with van der Waals surface area (Å²) >= 11 is 0. The van der Waals surface area contributed by atoms with Crippen molar-refractivity contribution in [2.24, 2.45) is 0 Å². The van der Waals surface area contributed by atoms with E-state index in [0.29, 0.717) is 18.4 Å². The Hall–Kier alpha value is -2.26. The number of benzene rings is 1. The topological polar surface area (TPSA) is 90.3 Å². The standard InChI is InChI=1S/C13H14N6/c14-9-13(10-4-2-1-3-5-10)6-11(7-13)15-8-12-16-18-19-17-12/h1-5,11,15H,6-8H2,(H,16,17,18,19). The molecule has 2 N–H and O–H groups in total. The van der Waals surface area contributed by atoms with Gasteiger partial charge in [-0.2, -0.15) is 10.5 Å². The zero-order chi connectivity index (χ0) is 13.1. The maximum Gasteiger partial charge on any atom is 0.188 e. The number of aromatic amines is 1. The first-order chi connectivity index (χ1) is 9.32. The van der Waals surface area contributed by atoms with Crippen molar-refractivity contribution >= 4 is 0 Å². The lowest BCUT2D eigenvalue weighted by Crippen LogP contribution is -2.50. The summed E-state index contributed by atoms with van der Waals surface area (Å²) in [7, 11) is 0. The molecule has 0 aliphatic heterocycles. The summed E-state index contributed by atoms with van der Waals surface area (Å²) in [4.78, 5) is 0. The number of nitrogens with zero attached hydrogens (tertiary/aromatic N) is 4. The Morgan fingerprint density at radius 2 is 2.16 bits per heavy atom. The molecule has 0 radical (unpaired) electrons. The molecule has 19 heavy (non-hydrogen) atoms. The molecule has 3 rings (SSSR count). The highest BCUT2D eigenvalue weighted by molar-refractivity contribution is 5.36. The molecule has 6 nitrogen and oxygen atoms in total. The number of tetrazole rings is 1. The molecule has 1 aromatic carbocycles. The lowest BCUT2D eigenvalue weighted by molar-refractivity contribution is 0.224. The van der Waals surface area contributed by atoms with Crippen molar-refractivity contribution in [1.82, 2.24) is 25.9 Å². The number of nitriles is 1. The molecule has 1 aliphatic rings. The van der Waals surface area contributed by atoms with E-state index in [-0.39, 0.29) is 5.41 Å². The Morgan fingerprint density at radius 1 is 1.37 bits per heavy atom. The fourth-order valence-corrected chi connectivity index (χ4v) is 2.57. The molecule has 2 aromatic rings. The van der Waals surface area contributed by atoms with Crippen molar-refractivity contribution in [2.45, 2.75) is 30.8 Å². The molecule has 1 fully saturated rings. The molecular formula is C13H14N6. The molecule has 0 bridgehead atoms. The van der Waals surface area contributed by atoms with Gasteiger partial charge >= 0.3 is 0 Å². The van der Waals surface area contributed by atoms with E-state index in [1.807, 2.05) is 30.3 Å². The van der Waals surface area contributed by atoms with E-state index in [0.717, 1.165) is 18.4 Å². The van der Waals surface area contributed by atoms with Crippen LogP contribution in [0.4, 0.5) is 0 Å². The Kier molecular flexibility index (Phi) is 2.97. The van der Waals surface area contributed by atoms with Gasteiger partial charge in [-0.25, -0.2) is 0 Å². The first-order valence-corrected chi connectivity index (χ1v) is 6.25. The van der Waals surface area contributed by atoms with E-state index in [2.05, 4.69) is 32.0 Å². The normalized spacial score (nSPS) is 25.5. The molecule has 1 heterocycles. The molecule has 0 saturated heterocycles. The van der Waals surface area contributed by atoms with Crippen LogP contribution in [0.3, 0.4) is 0 Å². The van der Waals surface area contributed by atoms with Crippen molar-refractivity contribution in [3.63, 3.8) is 0 Å². The number of rotatable bonds is 4. The third-order valence-corrected chi connectivity index (χ3v) is 3.67. The Morgan fingerprint density at radius 3 is 2.79 bits per heavy atom. The minimum atomic E-state index is -0.337. The molecule has 0 atom stereocenters. The summed E-state index contributed by atoms with van der Waals surface area (Å²) in [6.07, 6.45) is 1.65. The summed E-state index contributed by atoms with van der Waals surface area (Å²) < 4.78 is 0. The van der Waals surface area contributed by atoms with E-state index in [9.17, 15) is 5.26 Å². The van der Waals surface area contributed by atoms with Gasteiger partial charge in [0.2, 0.25) is 0 Å². The van der Waals surface area contributed by atoms with E-state index < -0.39 is 0 Å². The number of aromatic nitrogens is 4. The van der Waals surface area contributed by atoms with Gasteiger partial charge in [0.25, 0.3) is 0 Å². The second-order valence-corrected chi connectivity index (χ2v) is 4.87. The van der Waals surface area contributed by atoms with Crippen LogP contribution < -0.4 is 5.32 Å². The summed E-state index contributed by atoms with van der Waals surface area (Å²) in [5, 5.41) is 26.5. The van der Waals surface area contributed by atoms with Gasteiger partial charge in [0, 0.05) is 6.04 Å². The summed E-state index contributed by atoms with van der Waals surface area (Å²) in [5.41, 5.74) is 0.769. The van der Waals surface area contributed by atoms with E-state index in [1.165, 1.54) is 0 Å². The van der Waals surface area contributed by atoms with Gasteiger partial charge in [0.15, 0.2) is 5.82 Å². The number of hydrogen-bond donors (Lipinski definition) is 2. The summed E-state index contributed by atoms with van der Waals surface area (Å²) in [6.45, 7) is 0.581. The third-order valence-electron chi connectivity index (χ3n) is 3.67. The monoisotopic (exact) mass is 254 g/mol. The Balaban J connectivity index is 1.60. The zero-order valence-electron chi connectivity index (χ0n) is 10.4. The Labute approximate surface area is 110 Å². The van der Waals surface area contributed by atoms with Gasteiger partial charge in [-0.05, 0) is 18.4 Å². The lowest BCUT2D eigenvalue weighted by Gasteiger charge is -2.43. The Bertz CT molecular complexity index is 565.